The topological polar surface area (TPSA) is 117 Å². The first-order valence-corrected chi connectivity index (χ1v) is 9.40. The van der Waals surface area contributed by atoms with E-state index in [1.807, 2.05) is 6.07 Å². The van der Waals surface area contributed by atoms with Crippen molar-refractivity contribution in [1.82, 2.24) is 5.32 Å². The molecule has 9 nitrogen and oxygen atoms in total. The molecule has 0 fully saturated rings. The summed E-state index contributed by atoms with van der Waals surface area (Å²) in [5.74, 6) is -3.17. The molecule has 1 amide bonds. The normalized spacial score (nSPS) is 12.8. The average molecular weight is 423 g/mol. The second kappa shape index (κ2) is 11.8. The summed E-state index contributed by atoms with van der Waals surface area (Å²) in [5.41, 5.74) is -0.0444. The van der Waals surface area contributed by atoms with Gasteiger partial charge < -0.3 is 24.3 Å². The Bertz CT molecular complexity index is 726. The number of carbonyl (C=O) groups is 4. The molecule has 0 unspecified atom stereocenters. The van der Waals surface area contributed by atoms with Crippen LogP contribution in [0.25, 0.3) is 0 Å². The summed E-state index contributed by atoms with van der Waals surface area (Å²) in [6.45, 7) is 4.99. The minimum Gasteiger partial charge on any atom is -0.469 e. The molecule has 30 heavy (non-hydrogen) atoms. The molecule has 0 aliphatic carbocycles. The lowest BCUT2D eigenvalue weighted by Crippen LogP contribution is -2.46. The van der Waals surface area contributed by atoms with Gasteiger partial charge in [-0.1, -0.05) is 30.3 Å². The summed E-state index contributed by atoms with van der Waals surface area (Å²) in [7, 11) is 2.35. The van der Waals surface area contributed by atoms with Crippen LogP contribution in [0.3, 0.4) is 0 Å². The van der Waals surface area contributed by atoms with E-state index in [1.165, 1.54) is 7.11 Å². The van der Waals surface area contributed by atoms with Crippen molar-refractivity contribution in [3.63, 3.8) is 0 Å². The number of hydrogen-bond donors (Lipinski definition) is 1. The number of benzene rings is 1. The van der Waals surface area contributed by atoms with E-state index in [1.54, 1.807) is 45.0 Å². The van der Waals surface area contributed by atoms with Crippen molar-refractivity contribution in [3.8, 4) is 0 Å². The lowest BCUT2D eigenvalue weighted by atomic mass is 9.96. The molecule has 0 saturated heterocycles. The minimum absolute atomic E-state index is 0.0218. The molecule has 2 atom stereocenters. The summed E-state index contributed by atoms with van der Waals surface area (Å²) in [6, 6.07) is 7.73. The Morgan fingerprint density at radius 1 is 0.967 bits per heavy atom. The molecule has 0 saturated carbocycles. The lowest BCUT2D eigenvalue weighted by molar-refractivity contribution is -0.154. The highest BCUT2D eigenvalue weighted by molar-refractivity contribution is 5.84. The Balaban J connectivity index is 2.95. The number of nitrogens with one attached hydrogen (secondary N) is 1. The molecule has 0 radical (unpaired) electrons. The van der Waals surface area contributed by atoms with Crippen LogP contribution < -0.4 is 5.32 Å². The maximum absolute atomic E-state index is 12.7. The van der Waals surface area contributed by atoms with Gasteiger partial charge in [-0.3, -0.25) is 9.59 Å². The van der Waals surface area contributed by atoms with Crippen LogP contribution in [0.5, 0.6) is 0 Å². The Hall–Kier alpha value is -3.10. The molecular weight excluding hydrogens is 394 g/mol. The highest BCUT2D eigenvalue weighted by Crippen LogP contribution is 2.17. The number of amides is 1. The van der Waals surface area contributed by atoms with E-state index in [9.17, 15) is 19.2 Å². The maximum atomic E-state index is 12.7. The van der Waals surface area contributed by atoms with Crippen molar-refractivity contribution in [2.24, 2.45) is 5.92 Å². The number of esters is 3. The molecule has 0 aliphatic rings. The van der Waals surface area contributed by atoms with Crippen molar-refractivity contribution < 1.29 is 38.1 Å². The third kappa shape index (κ3) is 9.40. The first kappa shape index (κ1) is 24.9. The van der Waals surface area contributed by atoms with Gasteiger partial charge in [-0.2, -0.15) is 0 Å². The van der Waals surface area contributed by atoms with Crippen molar-refractivity contribution in [2.75, 3.05) is 14.2 Å². The van der Waals surface area contributed by atoms with Gasteiger partial charge in [0, 0.05) is 0 Å². The fraction of sp³-hybridized carbons (Fsp3) is 0.524. The zero-order valence-electron chi connectivity index (χ0n) is 17.9. The first-order chi connectivity index (χ1) is 14.1. The minimum atomic E-state index is -1.24. The largest absolute Gasteiger partial charge is 0.469 e. The van der Waals surface area contributed by atoms with Crippen LogP contribution in [-0.2, 0) is 39.9 Å². The van der Waals surface area contributed by atoms with Gasteiger partial charge in [-0.05, 0) is 32.8 Å². The van der Waals surface area contributed by atoms with Crippen LogP contribution in [0, 0.1) is 5.92 Å². The van der Waals surface area contributed by atoms with E-state index >= 15 is 0 Å². The number of rotatable bonds is 9. The van der Waals surface area contributed by atoms with Gasteiger partial charge >= 0.3 is 24.0 Å². The van der Waals surface area contributed by atoms with E-state index in [0.717, 1.165) is 12.7 Å². The number of alkyl carbamates (subject to hydrolysis) is 1. The highest BCUT2D eigenvalue weighted by atomic mass is 16.6. The quantitative estimate of drug-likeness (QED) is 0.475. The molecule has 166 valence electrons. The zero-order valence-corrected chi connectivity index (χ0v) is 17.9. The predicted octanol–water partition coefficient (Wildman–Crippen LogP) is 2.37. The van der Waals surface area contributed by atoms with Gasteiger partial charge in [0.25, 0.3) is 0 Å². The molecule has 1 N–H and O–H groups in total. The van der Waals surface area contributed by atoms with Crippen LogP contribution in [-0.4, -0.2) is 49.9 Å². The van der Waals surface area contributed by atoms with Crippen LogP contribution in [0.2, 0.25) is 0 Å². The van der Waals surface area contributed by atoms with Crippen molar-refractivity contribution in [1.29, 1.82) is 0 Å². The van der Waals surface area contributed by atoms with Gasteiger partial charge in [0.2, 0.25) is 0 Å². The maximum Gasteiger partial charge on any atom is 0.408 e. The van der Waals surface area contributed by atoms with E-state index in [2.05, 4.69) is 10.1 Å². The summed E-state index contributed by atoms with van der Waals surface area (Å²) >= 11 is 0. The fourth-order valence-electron chi connectivity index (χ4n) is 2.49. The molecule has 0 heterocycles. The summed E-state index contributed by atoms with van der Waals surface area (Å²) in [6.07, 6.45) is -1.40. The standard InChI is InChI=1S/C21H29NO8/c1-21(2,3)30-20(26)22-16(11-15(18(24)28-5)12-17(23)27-4)19(25)29-13-14-9-7-6-8-10-14/h6-10,15-16H,11-13H2,1-5H3,(H,22,26)/t15-,16+/m1/s1. The summed E-state index contributed by atoms with van der Waals surface area (Å²) in [5, 5.41) is 2.41. The molecule has 1 rings (SSSR count). The Morgan fingerprint density at radius 2 is 1.60 bits per heavy atom. The van der Waals surface area contributed by atoms with Gasteiger partial charge in [0.15, 0.2) is 0 Å². The third-order valence-electron chi connectivity index (χ3n) is 3.89. The first-order valence-electron chi connectivity index (χ1n) is 9.40. The SMILES string of the molecule is COC(=O)C[C@@H](C[C@H](NC(=O)OC(C)(C)C)C(=O)OCc1ccccc1)C(=O)OC. The smallest absolute Gasteiger partial charge is 0.408 e. The monoisotopic (exact) mass is 423 g/mol. The number of methoxy groups -OCH3 is 2. The predicted molar refractivity (Wildman–Crippen MR) is 106 cm³/mol. The van der Waals surface area contributed by atoms with Gasteiger partial charge in [0.1, 0.15) is 18.2 Å². The Labute approximate surface area is 176 Å². The van der Waals surface area contributed by atoms with Gasteiger partial charge in [-0.25, -0.2) is 9.59 Å². The van der Waals surface area contributed by atoms with Gasteiger partial charge in [0.05, 0.1) is 26.6 Å². The molecule has 0 bridgehead atoms. The molecule has 1 aromatic rings. The molecule has 1 aromatic carbocycles. The Kier molecular flexibility index (Phi) is 9.80. The van der Waals surface area contributed by atoms with Crippen LogP contribution in [0.4, 0.5) is 4.79 Å². The van der Waals surface area contributed by atoms with Gasteiger partial charge in [-0.15, -0.1) is 0 Å². The van der Waals surface area contributed by atoms with Crippen LogP contribution in [0.1, 0.15) is 39.2 Å². The van der Waals surface area contributed by atoms with Crippen molar-refractivity contribution >= 4 is 24.0 Å². The number of hydrogen-bond acceptors (Lipinski definition) is 8. The molecule has 9 heteroatoms. The second-order valence-electron chi connectivity index (χ2n) is 7.53. The van der Waals surface area contributed by atoms with E-state index in [0.29, 0.717) is 0 Å². The van der Waals surface area contributed by atoms with Crippen molar-refractivity contribution in [2.45, 2.75) is 51.9 Å². The zero-order chi connectivity index (χ0) is 22.7. The van der Waals surface area contributed by atoms with Crippen LogP contribution >= 0.6 is 0 Å². The average Bonchev–Trinajstić information content (AvgIpc) is 2.69. The third-order valence-corrected chi connectivity index (χ3v) is 3.89. The fourth-order valence-corrected chi connectivity index (χ4v) is 2.49. The van der Waals surface area contributed by atoms with E-state index in [-0.39, 0.29) is 19.4 Å². The highest BCUT2D eigenvalue weighted by Gasteiger charge is 2.33. The van der Waals surface area contributed by atoms with Crippen molar-refractivity contribution in [3.05, 3.63) is 35.9 Å². The second-order valence-corrected chi connectivity index (χ2v) is 7.53. The summed E-state index contributed by atoms with van der Waals surface area (Å²) < 4.78 is 19.8. The molecular formula is C21H29NO8. The lowest BCUT2D eigenvalue weighted by Gasteiger charge is -2.24. The molecule has 0 spiro atoms. The summed E-state index contributed by atoms with van der Waals surface area (Å²) in [4.78, 5) is 48.6. The van der Waals surface area contributed by atoms with Crippen LogP contribution in [0.15, 0.2) is 30.3 Å². The molecule has 0 aromatic heterocycles. The van der Waals surface area contributed by atoms with E-state index in [4.69, 9.17) is 14.2 Å². The number of ether oxygens (including phenoxy) is 4. The molecule has 0 aliphatic heterocycles. The Morgan fingerprint density at radius 3 is 2.13 bits per heavy atom. The number of carbonyl (C=O) groups excluding carboxylic acids is 4. The van der Waals surface area contributed by atoms with E-state index < -0.39 is 41.6 Å².